The van der Waals surface area contributed by atoms with Crippen LogP contribution >= 0.6 is 0 Å². The number of nitrogens with one attached hydrogen (secondary N) is 1. The van der Waals surface area contributed by atoms with Gasteiger partial charge in [-0.2, -0.15) is 0 Å². The molecule has 108 valence electrons. The zero-order valence-corrected chi connectivity index (χ0v) is 12.1. The van der Waals surface area contributed by atoms with Gasteiger partial charge in [-0.25, -0.2) is 0 Å². The Morgan fingerprint density at radius 1 is 1.06 bits per heavy atom. The van der Waals surface area contributed by atoms with Crippen LogP contribution < -0.4 is 5.32 Å². The Labute approximate surface area is 112 Å². The molecule has 0 radical (unpaired) electrons. The van der Waals surface area contributed by atoms with Crippen molar-refractivity contribution in [2.75, 3.05) is 13.1 Å². The molecule has 3 N–H and O–H groups in total. The Kier molecular flexibility index (Phi) is 7.20. The molecule has 18 heavy (non-hydrogen) atoms. The van der Waals surface area contributed by atoms with Crippen molar-refractivity contribution in [3.63, 3.8) is 0 Å². The highest BCUT2D eigenvalue weighted by Crippen LogP contribution is 2.26. The molecule has 0 aromatic rings. The highest BCUT2D eigenvalue weighted by atomic mass is 16.3. The van der Waals surface area contributed by atoms with E-state index in [0.717, 1.165) is 38.5 Å². The third-order valence-electron chi connectivity index (χ3n) is 4.43. The minimum absolute atomic E-state index is 0.283. The van der Waals surface area contributed by atoms with Crippen molar-refractivity contribution in [1.29, 1.82) is 0 Å². The van der Waals surface area contributed by atoms with Gasteiger partial charge in [0.1, 0.15) is 0 Å². The van der Waals surface area contributed by atoms with Crippen molar-refractivity contribution in [2.45, 2.75) is 76.9 Å². The van der Waals surface area contributed by atoms with E-state index in [9.17, 15) is 10.2 Å². The summed E-state index contributed by atoms with van der Waals surface area (Å²) >= 11 is 0. The number of aliphatic hydroxyl groups excluding tert-OH is 1. The molecule has 3 nitrogen and oxygen atoms in total. The molecule has 1 saturated carbocycles. The summed E-state index contributed by atoms with van der Waals surface area (Å²) in [5.74, 6) is 0.376. The van der Waals surface area contributed by atoms with Crippen LogP contribution in [0.2, 0.25) is 0 Å². The van der Waals surface area contributed by atoms with Crippen LogP contribution in [0.15, 0.2) is 0 Å². The lowest BCUT2D eigenvalue weighted by molar-refractivity contribution is 0.0194. The summed E-state index contributed by atoms with van der Waals surface area (Å²) < 4.78 is 0. The second-order valence-electron chi connectivity index (χ2n) is 5.91. The van der Waals surface area contributed by atoms with E-state index in [2.05, 4.69) is 19.2 Å². The molecule has 0 spiro atoms. The molecule has 0 aliphatic heterocycles. The van der Waals surface area contributed by atoms with Gasteiger partial charge in [0.05, 0.1) is 11.7 Å². The number of rotatable bonds is 7. The van der Waals surface area contributed by atoms with E-state index >= 15 is 0 Å². The van der Waals surface area contributed by atoms with Gasteiger partial charge < -0.3 is 15.5 Å². The van der Waals surface area contributed by atoms with Crippen LogP contribution in [0.25, 0.3) is 0 Å². The molecule has 0 bridgehead atoms. The summed E-state index contributed by atoms with van der Waals surface area (Å²) in [4.78, 5) is 0. The first-order valence-electron chi connectivity index (χ1n) is 7.72. The van der Waals surface area contributed by atoms with E-state index in [1.165, 1.54) is 12.8 Å². The van der Waals surface area contributed by atoms with Crippen LogP contribution in [0, 0.1) is 5.92 Å². The Morgan fingerprint density at radius 2 is 1.61 bits per heavy atom. The average molecular weight is 257 g/mol. The predicted octanol–water partition coefficient (Wildman–Crippen LogP) is 2.46. The Hall–Kier alpha value is -0.120. The van der Waals surface area contributed by atoms with Crippen molar-refractivity contribution in [2.24, 2.45) is 5.92 Å². The van der Waals surface area contributed by atoms with E-state index < -0.39 is 5.60 Å². The molecule has 0 heterocycles. The minimum Gasteiger partial charge on any atom is -0.392 e. The van der Waals surface area contributed by atoms with Gasteiger partial charge in [-0.3, -0.25) is 0 Å². The lowest BCUT2D eigenvalue weighted by Gasteiger charge is -2.28. The van der Waals surface area contributed by atoms with E-state index in [1.54, 1.807) is 0 Å². The fourth-order valence-corrected chi connectivity index (χ4v) is 3.02. The normalized spacial score (nSPS) is 21.8. The topological polar surface area (TPSA) is 52.5 Å². The summed E-state index contributed by atoms with van der Waals surface area (Å²) in [7, 11) is 0. The molecule has 0 saturated heterocycles. The standard InChI is InChI=1S/C15H31NO2/c1-3-13(4-2)14(17)11-16-12-15(18)9-7-5-6-8-10-15/h13-14,16-18H,3-12H2,1-2H3. The van der Waals surface area contributed by atoms with Crippen molar-refractivity contribution >= 4 is 0 Å². The molecule has 1 rings (SSSR count). The smallest absolute Gasteiger partial charge is 0.0771 e. The molecule has 1 aliphatic rings. The van der Waals surface area contributed by atoms with Gasteiger partial charge in [-0.1, -0.05) is 52.4 Å². The maximum Gasteiger partial charge on any atom is 0.0771 e. The van der Waals surface area contributed by atoms with E-state index in [-0.39, 0.29) is 6.10 Å². The maximum absolute atomic E-state index is 10.5. The zero-order valence-electron chi connectivity index (χ0n) is 12.1. The third-order valence-corrected chi connectivity index (χ3v) is 4.43. The lowest BCUT2D eigenvalue weighted by atomic mass is 9.93. The first-order chi connectivity index (χ1) is 8.61. The second kappa shape index (κ2) is 8.13. The predicted molar refractivity (Wildman–Crippen MR) is 75.6 cm³/mol. The second-order valence-corrected chi connectivity index (χ2v) is 5.91. The Bertz CT molecular complexity index is 209. The van der Waals surface area contributed by atoms with Gasteiger partial charge in [0, 0.05) is 13.1 Å². The monoisotopic (exact) mass is 257 g/mol. The van der Waals surface area contributed by atoms with Crippen LogP contribution in [0.5, 0.6) is 0 Å². The van der Waals surface area contributed by atoms with Crippen molar-refractivity contribution in [3.8, 4) is 0 Å². The van der Waals surface area contributed by atoms with Crippen LogP contribution in [-0.4, -0.2) is 35.0 Å². The van der Waals surface area contributed by atoms with E-state index in [4.69, 9.17) is 0 Å². The van der Waals surface area contributed by atoms with Crippen molar-refractivity contribution in [3.05, 3.63) is 0 Å². The molecule has 1 aliphatic carbocycles. The molecule has 0 amide bonds. The average Bonchev–Trinajstić information content (AvgIpc) is 2.56. The SMILES string of the molecule is CCC(CC)C(O)CNCC1(O)CCCCCC1. The molecule has 0 aromatic carbocycles. The van der Waals surface area contributed by atoms with Crippen LogP contribution in [0.4, 0.5) is 0 Å². The summed E-state index contributed by atoms with van der Waals surface area (Å²) in [5.41, 5.74) is -0.538. The minimum atomic E-state index is -0.538. The number of hydrogen-bond acceptors (Lipinski definition) is 3. The summed E-state index contributed by atoms with van der Waals surface area (Å²) in [6, 6.07) is 0. The van der Waals surface area contributed by atoms with Crippen LogP contribution in [0.1, 0.15) is 65.2 Å². The first kappa shape index (κ1) is 15.9. The number of hydrogen-bond donors (Lipinski definition) is 3. The third kappa shape index (κ3) is 5.25. The fourth-order valence-electron chi connectivity index (χ4n) is 3.02. The molecule has 1 atom stereocenters. The molecular weight excluding hydrogens is 226 g/mol. The molecular formula is C15H31NO2. The van der Waals surface area contributed by atoms with Crippen molar-refractivity contribution < 1.29 is 10.2 Å². The summed E-state index contributed by atoms with van der Waals surface area (Å²) in [5, 5.41) is 23.8. The molecule has 3 heteroatoms. The van der Waals surface area contributed by atoms with E-state index in [1.807, 2.05) is 0 Å². The van der Waals surface area contributed by atoms with Gasteiger partial charge in [0.25, 0.3) is 0 Å². The van der Waals surface area contributed by atoms with E-state index in [0.29, 0.717) is 19.0 Å². The molecule has 1 unspecified atom stereocenters. The van der Waals surface area contributed by atoms with Gasteiger partial charge >= 0.3 is 0 Å². The zero-order chi connectivity index (χ0) is 13.4. The quantitative estimate of drug-likeness (QED) is 0.614. The largest absolute Gasteiger partial charge is 0.392 e. The van der Waals surface area contributed by atoms with Gasteiger partial charge in [0.15, 0.2) is 0 Å². The van der Waals surface area contributed by atoms with Gasteiger partial charge in [0.2, 0.25) is 0 Å². The van der Waals surface area contributed by atoms with Crippen LogP contribution in [-0.2, 0) is 0 Å². The fraction of sp³-hybridized carbons (Fsp3) is 1.00. The Morgan fingerprint density at radius 3 is 2.11 bits per heavy atom. The van der Waals surface area contributed by atoms with Crippen LogP contribution in [0.3, 0.4) is 0 Å². The highest BCUT2D eigenvalue weighted by molar-refractivity contribution is 4.84. The molecule has 0 aromatic heterocycles. The number of aliphatic hydroxyl groups is 2. The first-order valence-corrected chi connectivity index (χ1v) is 7.72. The summed E-state index contributed by atoms with van der Waals surface area (Å²) in [6.45, 7) is 5.48. The van der Waals surface area contributed by atoms with Gasteiger partial charge in [-0.05, 0) is 18.8 Å². The Balaban J connectivity index is 2.26. The highest BCUT2D eigenvalue weighted by Gasteiger charge is 2.27. The van der Waals surface area contributed by atoms with Gasteiger partial charge in [-0.15, -0.1) is 0 Å². The maximum atomic E-state index is 10.5. The van der Waals surface area contributed by atoms with Crippen molar-refractivity contribution in [1.82, 2.24) is 5.32 Å². The lowest BCUT2D eigenvalue weighted by Crippen LogP contribution is -2.43. The molecule has 1 fully saturated rings. The summed E-state index contributed by atoms with van der Waals surface area (Å²) in [6.07, 6.45) is 8.32.